The van der Waals surface area contributed by atoms with Gasteiger partial charge >= 0.3 is 0 Å². The molecule has 0 saturated heterocycles. The average molecular weight is 237 g/mol. The Hall–Kier alpha value is -2.62. The quantitative estimate of drug-likeness (QED) is 0.368. The van der Waals surface area contributed by atoms with Crippen LogP contribution in [0.25, 0.3) is 0 Å². The topological polar surface area (TPSA) is 103 Å². The van der Waals surface area contributed by atoms with Gasteiger partial charge in [-0.2, -0.15) is 4.99 Å². The van der Waals surface area contributed by atoms with Crippen molar-refractivity contribution in [2.45, 2.75) is 0 Å². The molecule has 0 spiro atoms. The maximum absolute atomic E-state index is 13.0. The predicted octanol–water partition coefficient (Wildman–Crippen LogP) is 0.166. The van der Waals surface area contributed by atoms with Crippen molar-refractivity contribution in [3.05, 3.63) is 29.3 Å². The number of rotatable bonds is 1. The Bertz CT molecular complexity index is 538. The van der Waals surface area contributed by atoms with Crippen LogP contribution in [0.4, 0.5) is 14.5 Å². The van der Waals surface area contributed by atoms with Crippen molar-refractivity contribution in [1.82, 2.24) is 0 Å². The number of benzene rings is 1. The first-order valence-electron chi connectivity index (χ1n) is 4.33. The summed E-state index contributed by atoms with van der Waals surface area (Å²) in [4.78, 5) is 7.09. The fourth-order valence-electron chi connectivity index (χ4n) is 1.03. The number of halogens is 2. The highest BCUT2D eigenvalue weighted by Gasteiger charge is 2.08. The standard InChI is InChI=1S/C10H9F2N5/c1-2-5-3-6(11)7(12)4-8(5)16-10(15)17-9(13)14/h1,3-4H,(H6,13,14,15,16,17). The third-order valence-electron chi connectivity index (χ3n) is 1.67. The van der Waals surface area contributed by atoms with Crippen molar-refractivity contribution in [1.29, 1.82) is 0 Å². The van der Waals surface area contributed by atoms with Gasteiger partial charge in [-0.15, -0.1) is 6.42 Å². The molecule has 88 valence electrons. The van der Waals surface area contributed by atoms with Gasteiger partial charge in [0.1, 0.15) is 0 Å². The Morgan fingerprint density at radius 2 is 1.76 bits per heavy atom. The van der Waals surface area contributed by atoms with Crippen LogP contribution in [0.3, 0.4) is 0 Å². The van der Waals surface area contributed by atoms with Crippen molar-refractivity contribution in [3.63, 3.8) is 0 Å². The van der Waals surface area contributed by atoms with E-state index < -0.39 is 11.6 Å². The second-order valence-corrected chi connectivity index (χ2v) is 2.93. The van der Waals surface area contributed by atoms with E-state index in [0.717, 1.165) is 12.1 Å². The first-order chi connectivity index (χ1) is 7.93. The van der Waals surface area contributed by atoms with Crippen LogP contribution in [-0.4, -0.2) is 11.9 Å². The van der Waals surface area contributed by atoms with Crippen LogP contribution in [-0.2, 0) is 0 Å². The first kappa shape index (κ1) is 12.4. The van der Waals surface area contributed by atoms with Gasteiger partial charge < -0.3 is 17.2 Å². The van der Waals surface area contributed by atoms with E-state index in [4.69, 9.17) is 23.6 Å². The normalized spacial score (nSPS) is 10.8. The van der Waals surface area contributed by atoms with Crippen molar-refractivity contribution >= 4 is 17.6 Å². The molecule has 0 saturated carbocycles. The molecule has 1 aromatic rings. The highest BCUT2D eigenvalue weighted by molar-refractivity contribution is 5.93. The van der Waals surface area contributed by atoms with Gasteiger partial charge in [0.05, 0.1) is 11.3 Å². The monoisotopic (exact) mass is 237 g/mol. The highest BCUT2D eigenvalue weighted by Crippen LogP contribution is 2.22. The molecule has 0 unspecified atom stereocenters. The number of nitrogens with two attached hydrogens (primary N) is 3. The van der Waals surface area contributed by atoms with Crippen molar-refractivity contribution in [2.24, 2.45) is 27.2 Å². The van der Waals surface area contributed by atoms with E-state index in [9.17, 15) is 8.78 Å². The zero-order valence-electron chi connectivity index (χ0n) is 8.61. The summed E-state index contributed by atoms with van der Waals surface area (Å²) in [6, 6.07) is 1.64. The molecule has 5 nitrogen and oxygen atoms in total. The number of terminal acetylenes is 1. The fourth-order valence-corrected chi connectivity index (χ4v) is 1.03. The molecule has 0 aliphatic heterocycles. The molecule has 0 radical (unpaired) electrons. The van der Waals surface area contributed by atoms with E-state index in [1.807, 2.05) is 0 Å². The van der Waals surface area contributed by atoms with E-state index in [1.165, 1.54) is 0 Å². The van der Waals surface area contributed by atoms with Gasteiger partial charge in [-0.1, -0.05) is 5.92 Å². The van der Waals surface area contributed by atoms with E-state index >= 15 is 0 Å². The van der Waals surface area contributed by atoms with Crippen LogP contribution in [0, 0.1) is 24.0 Å². The molecule has 0 aliphatic rings. The summed E-state index contributed by atoms with van der Waals surface area (Å²) in [5.74, 6) is -0.649. The Morgan fingerprint density at radius 1 is 1.18 bits per heavy atom. The maximum Gasteiger partial charge on any atom is 0.223 e. The second-order valence-electron chi connectivity index (χ2n) is 2.93. The molecule has 1 rings (SSSR count). The van der Waals surface area contributed by atoms with E-state index in [1.54, 1.807) is 0 Å². The molecule has 6 N–H and O–H groups in total. The van der Waals surface area contributed by atoms with Gasteiger partial charge in [-0.3, -0.25) is 0 Å². The van der Waals surface area contributed by atoms with Crippen LogP contribution >= 0.6 is 0 Å². The van der Waals surface area contributed by atoms with Crippen LogP contribution < -0.4 is 17.2 Å². The van der Waals surface area contributed by atoms with Gasteiger partial charge in [-0.05, 0) is 6.07 Å². The molecule has 0 fully saturated rings. The summed E-state index contributed by atoms with van der Waals surface area (Å²) < 4.78 is 25.8. The molecule has 1 aromatic carbocycles. The van der Waals surface area contributed by atoms with E-state index in [0.29, 0.717) is 0 Å². The van der Waals surface area contributed by atoms with Crippen molar-refractivity contribution in [3.8, 4) is 12.3 Å². The number of guanidine groups is 2. The second kappa shape index (κ2) is 4.94. The largest absolute Gasteiger partial charge is 0.370 e. The summed E-state index contributed by atoms with van der Waals surface area (Å²) in [7, 11) is 0. The molecule has 7 heteroatoms. The Labute approximate surface area is 96.0 Å². The molecule has 0 aromatic heterocycles. The van der Waals surface area contributed by atoms with Gasteiger partial charge in [0.15, 0.2) is 17.6 Å². The fraction of sp³-hybridized carbons (Fsp3) is 0. The minimum Gasteiger partial charge on any atom is -0.370 e. The minimum absolute atomic E-state index is 0.0334. The maximum atomic E-state index is 13.0. The minimum atomic E-state index is -1.10. The number of nitrogens with zero attached hydrogens (tertiary/aromatic N) is 2. The first-order valence-corrected chi connectivity index (χ1v) is 4.33. The van der Waals surface area contributed by atoms with Crippen LogP contribution in [0.15, 0.2) is 22.1 Å². The van der Waals surface area contributed by atoms with Crippen LogP contribution in [0.2, 0.25) is 0 Å². The van der Waals surface area contributed by atoms with Crippen molar-refractivity contribution < 1.29 is 8.78 Å². The molecule has 0 amide bonds. The molecule has 17 heavy (non-hydrogen) atoms. The van der Waals surface area contributed by atoms with Gasteiger partial charge in [0, 0.05) is 6.07 Å². The van der Waals surface area contributed by atoms with E-state index in [-0.39, 0.29) is 23.2 Å². The zero-order valence-corrected chi connectivity index (χ0v) is 8.61. The SMILES string of the molecule is C#Cc1cc(F)c(F)cc1N=C(N)N=C(N)N. The average Bonchev–Trinajstić information content (AvgIpc) is 2.21. The van der Waals surface area contributed by atoms with Crippen molar-refractivity contribution in [2.75, 3.05) is 0 Å². The molecule has 0 aliphatic carbocycles. The zero-order chi connectivity index (χ0) is 13.0. The van der Waals surface area contributed by atoms with Gasteiger partial charge in [0.2, 0.25) is 5.96 Å². The summed E-state index contributed by atoms with van der Waals surface area (Å²) in [5.41, 5.74) is 15.5. The lowest BCUT2D eigenvalue weighted by molar-refractivity contribution is 0.508. The third-order valence-corrected chi connectivity index (χ3v) is 1.67. The summed E-state index contributed by atoms with van der Waals surface area (Å²) >= 11 is 0. The van der Waals surface area contributed by atoms with Crippen LogP contribution in [0.5, 0.6) is 0 Å². The highest BCUT2D eigenvalue weighted by atomic mass is 19.2. The Kier molecular flexibility index (Phi) is 3.62. The molecular weight excluding hydrogens is 228 g/mol. The van der Waals surface area contributed by atoms with Crippen LogP contribution in [0.1, 0.15) is 5.56 Å². The Morgan fingerprint density at radius 3 is 2.29 bits per heavy atom. The predicted molar refractivity (Wildman–Crippen MR) is 61.4 cm³/mol. The lowest BCUT2D eigenvalue weighted by Crippen LogP contribution is -2.26. The lowest BCUT2D eigenvalue weighted by atomic mass is 10.2. The lowest BCUT2D eigenvalue weighted by Gasteiger charge is -2.01. The van der Waals surface area contributed by atoms with E-state index in [2.05, 4.69) is 15.9 Å². The number of aliphatic imine (C=N–C) groups is 2. The molecule has 0 bridgehead atoms. The number of hydrogen-bond donors (Lipinski definition) is 3. The number of hydrogen-bond acceptors (Lipinski definition) is 1. The summed E-state index contributed by atoms with van der Waals surface area (Å²) in [5, 5.41) is 0. The molecule has 0 heterocycles. The van der Waals surface area contributed by atoms with Gasteiger partial charge in [-0.25, -0.2) is 13.8 Å². The Balaban J connectivity index is 3.28. The smallest absolute Gasteiger partial charge is 0.223 e. The molecular formula is C10H9F2N5. The van der Waals surface area contributed by atoms with Gasteiger partial charge in [0.25, 0.3) is 0 Å². The molecule has 0 atom stereocenters. The third kappa shape index (κ3) is 3.17. The summed E-state index contributed by atoms with van der Waals surface area (Å²) in [6.45, 7) is 0. The summed E-state index contributed by atoms with van der Waals surface area (Å²) in [6.07, 6.45) is 5.11.